The maximum Gasteiger partial charge on any atom is 0.490 e. The fourth-order valence-electron chi connectivity index (χ4n) is 0. The van der Waals surface area contributed by atoms with Gasteiger partial charge in [-0.1, -0.05) is 0 Å². The van der Waals surface area contributed by atoms with Crippen molar-refractivity contribution in [3.63, 3.8) is 0 Å². The van der Waals surface area contributed by atoms with Gasteiger partial charge in [-0.05, 0) is 0 Å². The van der Waals surface area contributed by atoms with Gasteiger partial charge in [0, 0.05) is 19.5 Å². The SMILES string of the molecule is O=C(O)C(F)(F)F.O=C(O)C(F)(F)F.[Rh]. The van der Waals surface area contributed by atoms with E-state index in [4.69, 9.17) is 19.8 Å². The third-order valence-corrected chi connectivity index (χ3v) is 0.485. The molecule has 0 amide bonds. The molecule has 11 heteroatoms. The third-order valence-electron chi connectivity index (χ3n) is 0.485. The van der Waals surface area contributed by atoms with Crippen LogP contribution in [0.2, 0.25) is 0 Å². The summed E-state index contributed by atoms with van der Waals surface area (Å²) in [5.74, 6) is -5.51. The van der Waals surface area contributed by atoms with Crippen LogP contribution in [-0.2, 0) is 29.1 Å². The molecule has 0 aromatic rings. The molecule has 0 unspecified atom stereocenters. The van der Waals surface area contributed by atoms with Crippen LogP contribution in [0.15, 0.2) is 0 Å². The Morgan fingerprint density at radius 3 is 0.800 bits per heavy atom. The van der Waals surface area contributed by atoms with Crippen LogP contribution in [0.5, 0.6) is 0 Å². The first-order valence-corrected chi connectivity index (χ1v) is 2.49. The molecule has 0 aliphatic rings. The Balaban J connectivity index is -0.000000180. The zero-order chi connectivity index (χ0) is 12.2. The van der Waals surface area contributed by atoms with E-state index in [-0.39, 0.29) is 19.5 Å². The van der Waals surface area contributed by atoms with Gasteiger partial charge < -0.3 is 10.2 Å². The standard InChI is InChI=1S/2C2HF3O2.Rh/c2*3-2(4,5)1(6)7;/h2*(H,6,7);. The van der Waals surface area contributed by atoms with Gasteiger partial charge in [-0.3, -0.25) is 0 Å². The fourth-order valence-corrected chi connectivity index (χ4v) is 0. The summed E-state index contributed by atoms with van der Waals surface area (Å²) >= 11 is 0. The molecule has 15 heavy (non-hydrogen) atoms. The summed E-state index contributed by atoms with van der Waals surface area (Å²) in [6, 6.07) is 0. The van der Waals surface area contributed by atoms with E-state index in [0.29, 0.717) is 0 Å². The predicted octanol–water partition coefficient (Wildman–Crippen LogP) is 1.26. The average molecular weight is 331 g/mol. The van der Waals surface area contributed by atoms with Gasteiger partial charge in [-0.2, -0.15) is 26.3 Å². The van der Waals surface area contributed by atoms with Crippen LogP contribution >= 0.6 is 0 Å². The predicted molar refractivity (Wildman–Crippen MR) is 27.4 cm³/mol. The molecule has 0 aliphatic carbocycles. The van der Waals surface area contributed by atoms with E-state index in [1.165, 1.54) is 0 Å². The summed E-state index contributed by atoms with van der Waals surface area (Å²) in [6.07, 6.45) is -10.2. The Labute approximate surface area is 90.6 Å². The summed E-state index contributed by atoms with van der Waals surface area (Å²) in [5.41, 5.74) is 0. The summed E-state index contributed by atoms with van der Waals surface area (Å²) in [5, 5.41) is 14.2. The van der Waals surface area contributed by atoms with Gasteiger partial charge >= 0.3 is 24.3 Å². The van der Waals surface area contributed by atoms with Crippen LogP contribution < -0.4 is 0 Å². The molecule has 0 aliphatic heterocycles. The molecular formula is C4H2F6O4Rh. The molecule has 1 radical (unpaired) electrons. The van der Waals surface area contributed by atoms with Crippen LogP contribution in [0.4, 0.5) is 26.3 Å². The number of carboxylic acids is 2. The number of aliphatic carboxylic acids is 2. The second-order valence-corrected chi connectivity index (χ2v) is 1.61. The molecule has 0 bridgehead atoms. The number of rotatable bonds is 0. The molecule has 0 rings (SSSR count). The molecule has 0 saturated carbocycles. The van der Waals surface area contributed by atoms with Crippen molar-refractivity contribution in [3.05, 3.63) is 0 Å². The molecule has 0 fully saturated rings. The Bertz CT molecular complexity index is 196. The first kappa shape index (κ1) is 19.7. The Kier molecular flexibility index (Phi) is 8.65. The Morgan fingerprint density at radius 2 is 0.800 bits per heavy atom. The van der Waals surface area contributed by atoms with Crippen LogP contribution in [-0.4, -0.2) is 34.5 Å². The van der Waals surface area contributed by atoms with Crippen LogP contribution in [0.1, 0.15) is 0 Å². The molecule has 0 aromatic heterocycles. The maximum atomic E-state index is 10.6. The summed E-state index contributed by atoms with van der Waals surface area (Å²) in [4.78, 5) is 17.8. The van der Waals surface area contributed by atoms with Crippen molar-refractivity contribution in [1.82, 2.24) is 0 Å². The molecule has 0 atom stereocenters. The summed E-state index contributed by atoms with van der Waals surface area (Å²) in [7, 11) is 0. The van der Waals surface area contributed by atoms with Crippen LogP contribution in [0.25, 0.3) is 0 Å². The first-order valence-electron chi connectivity index (χ1n) is 2.49. The molecule has 4 nitrogen and oxygen atoms in total. The quantitative estimate of drug-likeness (QED) is 0.518. The number of carbonyl (C=O) groups is 2. The van der Waals surface area contributed by atoms with Crippen molar-refractivity contribution in [3.8, 4) is 0 Å². The monoisotopic (exact) mass is 331 g/mol. The van der Waals surface area contributed by atoms with E-state index < -0.39 is 24.3 Å². The van der Waals surface area contributed by atoms with Gasteiger partial charge in [0.2, 0.25) is 0 Å². The summed E-state index contributed by atoms with van der Waals surface area (Å²) < 4.78 is 63.5. The average Bonchev–Trinajstić information content (AvgIpc) is 1.83. The second-order valence-electron chi connectivity index (χ2n) is 1.61. The smallest absolute Gasteiger partial charge is 0.475 e. The van der Waals surface area contributed by atoms with Crippen molar-refractivity contribution < 1.29 is 65.6 Å². The van der Waals surface area contributed by atoms with Gasteiger partial charge in [-0.15, -0.1) is 0 Å². The minimum atomic E-state index is -5.08. The first-order chi connectivity index (χ1) is 5.89. The van der Waals surface area contributed by atoms with Crippen molar-refractivity contribution in [2.45, 2.75) is 12.4 Å². The van der Waals surface area contributed by atoms with Crippen molar-refractivity contribution >= 4 is 11.9 Å². The molecule has 2 N–H and O–H groups in total. The number of hydrogen-bond acceptors (Lipinski definition) is 2. The normalized spacial score (nSPS) is 10.5. The zero-order valence-electron chi connectivity index (χ0n) is 6.31. The van der Waals surface area contributed by atoms with Gasteiger partial charge in [0.15, 0.2) is 0 Å². The van der Waals surface area contributed by atoms with E-state index in [1.54, 1.807) is 0 Å². The Hall–Kier alpha value is -0.857. The topological polar surface area (TPSA) is 74.6 Å². The molecule has 0 heterocycles. The zero-order valence-corrected chi connectivity index (χ0v) is 7.95. The molecule has 0 spiro atoms. The van der Waals surface area contributed by atoms with Gasteiger partial charge in [0.1, 0.15) is 0 Å². The number of halogens is 6. The Morgan fingerprint density at radius 1 is 0.733 bits per heavy atom. The number of carboxylic acid groups (broad SMARTS) is 2. The third kappa shape index (κ3) is 13.1. The van der Waals surface area contributed by atoms with Gasteiger partial charge in [-0.25, -0.2) is 9.59 Å². The van der Waals surface area contributed by atoms with E-state index >= 15 is 0 Å². The van der Waals surface area contributed by atoms with E-state index in [0.717, 1.165) is 0 Å². The van der Waals surface area contributed by atoms with Crippen LogP contribution in [0.3, 0.4) is 0 Å². The van der Waals surface area contributed by atoms with Gasteiger partial charge in [0.05, 0.1) is 0 Å². The minimum Gasteiger partial charge on any atom is -0.475 e. The fraction of sp³-hybridized carbons (Fsp3) is 0.500. The molecule has 93 valence electrons. The van der Waals surface area contributed by atoms with Crippen molar-refractivity contribution in [2.24, 2.45) is 0 Å². The second kappa shape index (κ2) is 6.59. The molecule has 0 saturated heterocycles. The number of hydrogen-bond donors (Lipinski definition) is 2. The largest absolute Gasteiger partial charge is 0.490 e. The molecule has 0 aromatic carbocycles. The van der Waals surface area contributed by atoms with Gasteiger partial charge in [0.25, 0.3) is 0 Å². The van der Waals surface area contributed by atoms with Crippen molar-refractivity contribution in [2.75, 3.05) is 0 Å². The maximum absolute atomic E-state index is 10.6. The van der Waals surface area contributed by atoms with Crippen LogP contribution in [0, 0.1) is 0 Å². The van der Waals surface area contributed by atoms with Crippen molar-refractivity contribution in [1.29, 1.82) is 0 Å². The number of alkyl halides is 6. The minimum absolute atomic E-state index is 0. The van der Waals surface area contributed by atoms with E-state index in [1.807, 2.05) is 0 Å². The van der Waals surface area contributed by atoms with E-state index in [2.05, 4.69) is 0 Å². The summed E-state index contributed by atoms with van der Waals surface area (Å²) in [6.45, 7) is 0. The molecular weight excluding hydrogens is 329 g/mol. The van der Waals surface area contributed by atoms with E-state index in [9.17, 15) is 26.3 Å².